The van der Waals surface area contributed by atoms with Crippen LogP contribution in [-0.2, 0) is 11.2 Å². The number of H-pyrrole nitrogens is 1. The van der Waals surface area contributed by atoms with E-state index in [4.69, 9.17) is 0 Å². The first kappa shape index (κ1) is 10.3. The Morgan fingerprint density at radius 1 is 1.47 bits per heavy atom. The van der Waals surface area contributed by atoms with E-state index in [1.54, 1.807) is 0 Å². The summed E-state index contributed by atoms with van der Waals surface area (Å²) in [6, 6.07) is 4.42. The Morgan fingerprint density at radius 2 is 2.27 bits per heavy atom. The van der Waals surface area contributed by atoms with E-state index >= 15 is 0 Å². The van der Waals surface area contributed by atoms with Crippen LogP contribution in [0.15, 0.2) is 18.3 Å². The first-order chi connectivity index (χ1) is 7.34. The van der Waals surface area contributed by atoms with E-state index in [2.05, 4.69) is 10.3 Å². The molecule has 0 saturated heterocycles. The molecule has 1 aromatic heterocycles. The van der Waals surface area contributed by atoms with E-state index in [0.29, 0.717) is 12.5 Å². The highest BCUT2D eigenvalue weighted by Gasteiger charge is 2.16. The maximum Gasteiger partial charge on any atom is 0.220 e. The number of aromatic nitrogens is 1. The summed E-state index contributed by atoms with van der Waals surface area (Å²) in [5.74, 6) is 0.191. The Kier molecular flexibility index (Phi) is 3.43. The minimum absolute atomic E-state index is 0.191. The number of hydrogen-bond donors (Lipinski definition) is 2. The zero-order chi connectivity index (χ0) is 10.5. The van der Waals surface area contributed by atoms with Crippen LogP contribution in [0, 0.1) is 0 Å². The van der Waals surface area contributed by atoms with Crippen molar-refractivity contribution in [3.63, 3.8) is 0 Å². The Morgan fingerprint density at radius 3 is 2.93 bits per heavy atom. The highest BCUT2D eigenvalue weighted by atomic mass is 16.1. The van der Waals surface area contributed by atoms with Crippen LogP contribution in [0.25, 0.3) is 0 Å². The van der Waals surface area contributed by atoms with Gasteiger partial charge in [0, 0.05) is 24.4 Å². The molecule has 0 atom stereocenters. The topological polar surface area (TPSA) is 44.9 Å². The molecule has 0 unspecified atom stereocenters. The molecule has 1 aliphatic carbocycles. The van der Waals surface area contributed by atoms with Gasteiger partial charge < -0.3 is 10.3 Å². The molecule has 2 N–H and O–H groups in total. The van der Waals surface area contributed by atoms with Gasteiger partial charge in [0.05, 0.1) is 0 Å². The minimum atomic E-state index is 0.191. The van der Waals surface area contributed by atoms with Crippen LogP contribution in [0.3, 0.4) is 0 Å². The fourth-order valence-electron chi connectivity index (χ4n) is 2.14. The van der Waals surface area contributed by atoms with Crippen LogP contribution < -0.4 is 5.32 Å². The maximum absolute atomic E-state index is 11.6. The van der Waals surface area contributed by atoms with Crippen LogP contribution >= 0.6 is 0 Å². The fourth-order valence-corrected chi connectivity index (χ4v) is 2.14. The van der Waals surface area contributed by atoms with Gasteiger partial charge in [-0.25, -0.2) is 0 Å². The van der Waals surface area contributed by atoms with Crippen molar-refractivity contribution in [3.8, 4) is 0 Å². The quantitative estimate of drug-likeness (QED) is 0.777. The lowest BCUT2D eigenvalue weighted by Crippen LogP contribution is -2.32. The summed E-state index contributed by atoms with van der Waals surface area (Å²) in [5, 5.41) is 3.09. The molecule has 0 aliphatic heterocycles. The van der Waals surface area contributed by atoms with Crippen molar-refractivity contribution in [1.82, 2.24) is 10.3 Å². The number of hydrogen-bond acceptors (Lipinski definition) is 1. The lowest BCUT2D eigenvalue weighted by Gasteiger charge is -2.11. The molecule has 3 nitrogen and oxygen atoms in total. The largest absolute Gasteiger partial charge is 0.365 e. The van der Waals surface area contributed by atoms with Crippen molar-refractivity contribution >= 4 is 5.91 Å². The van der Waals surface area contributed by atoms with Gasteiger partial charge >= 0.3 is 0 Å². The van der Waals surface area contributed by atoms with E-state index in [0.717, 1.165) is 25.0 Å². The third-order valence-corrected chi connectivity index (χ3v) is 3.00. The molecule has 1 fully saturated rings. The van der Waals surface area contributed by atoms with Gasteiger partial charge in [0.25, 0.3) is 0 Å². The normalized spacial score (nSPS) is 16.8. The molecule has 1 amide bonds. The van der Waals surface area contributed by atoms with Gasteiger partial charge in [-0.3, -0.25) is 4.79 Å². The number of carbonyl (C=O) groups is 1. The molecule has 1 aromatic rings. The number of aromatic amines is 1. The van der Waals surface area contributed by atoms with Crippen LogP contribution in [0.4, 0.5) is 0 Å². The molecule has 0 bridgehead atoms. The Labute approximate surface area is 90.3 Å². The van der Waals surface area contributed by atoms with Gasteiger partial charge in [-0.2, -0.15) is 0 Å². The average Bonchev–Trinajstić information content (AvgIpc) is 2.86. The molecule has 1 heterocycles. The first-order valence-corrected chi connectivity index (χ1v) is 5.76. The smallest absolute Gasteiger partial charge is 0.220 e. The molecule has 3 heteroatoms. The molecule has 1 saturated carbocycles. The Balaban J connectivity index is 1.68. The Hall–Kier alpha value is -1.25. The van der Waals surface area contributed by atoms with Crippen molar-refractivity contribution in [2.75, 3.05) is 0 Å². The van der Waals surface area contributed by atoms with Gasteiger partial charge in [-0.15, -0.1) is 0 Å². The fraction of sp³-hybridized carbons (Fsp3) is 0.583. The predicted octanol–water partition coefficient (Wildman–Crippen LogP) is 2.01. The molecule has 82 valence electrons. The molecule has 1 aliphatic rings. The molecular formula is C12H18N2O. The third kappa shape index (κ3) is 3.11. The van der Waals surface area contributed by atoms with Crippen molar-refractivity contribution in [3.05, 3.63) is 24.0 Å². The number of aryl methyl sites for hydroxylation is 1. The van der Waals surface area contributed by atoms with E-state index < -0.39 is 0 Å². The van der Waals surface area contributed by atoms with Crippen LogP contribution in [0.5, 0.6) is 0 Å². The van der Waals surface area contributed by atoms with E-state index in [9.17, 15) is 4.79 Å². The first-order valence-electron chi connectivity index (χ1n) is 5.76. The van der Waals surface area contributed by atoms with Gasteiger partial charge in [0.1, 0.15) is 0 Å². The zero-order valence-electron chi connectivity index (χ0n) is 8.96. The molecule has 0 radical (unpaired) electrons. The van der Waals surface area contributed by atoms with E-state index in [-0.39, 0.29) is 5.91 Å². The highest BCUT2D eigenvalue weighted by Crippen LogP contribution is 2.17. The maximum atomic E-state index is 11.6. The third-order valence-electron chi connectivity index (χ3n) is 3.00. The molecule has 0 aromatic carbocycles. The van der Waals surface area contributed by atoms with Crippen LogP contribution in [-0.4, -0.2) is 16.9 Å². The predicted molar refractivity (Wildman–Crippen MR) is 59.5 cm³/mol. The monoisotopic (exact) mass is 206 g/mol. The second-order valence-corrected chi connectivity index (χ2v) is 4.24. The standard InChI is InChI=1S/C12H18N2O/c15-12(14-11-4-1-2-5-11)8-7-10-6-3-9-13-10/h3,6,9,11,13H,1-2,4-5,7-8H2,(H,14,15). The van der Waals surface area contributed by atoms with Crippen molar-refractivity contribution in [1.29, 1.82) is 0 Å². The van der Waals surface area contributed by atoms with Crippen LogP contribution in [0.2, 0.25) is 0 Å². The molecule has 2 rings (SSSR count). The Bertz CT molecular complexity index is 299. The summed E-state index contributed by atoms with van der Waals surface area (Å²) < 4.78 is 0. The highest BCUT2D eigenvalue weighted by molar-refractivity contribution is 5.76. The SMILES string of the molecule is O=C(CCc1ccc[nH]1)NC1CCCC1. The molecule has 15 heavy (non-hydrogen) atoms. The molecule has 0 spiro atoms. The average molecular weight is 206 g/mol. The summed E-state index contributed by atoms with van der Waals surface area (Å²) >= 11 is 0. The summed E-state index contributed by atoms with van der Waals surface area (Å²) in [4.78, 5) is 14.7. The minimum Gasteiger partial charge on any atom is -0.365 e. The van der Waals surface area contributed by atoms with Crippen molar-refractivity contribution in [2.24, 2.45) is 0 Å². The number of rotatable bonds is 4. The lowest BCUT2D eigenvalue weighted by molar-refractivity contribution is -0.121. The molecular weight excluding hydrogens is 188 g/mol. The summed E-state index contributed by atoms with van der Waals surface area (Å²) in [6.07, 6.45) is 8.15. The second-order valence-electron chi connectivity index (χ2n) is 4.24. The van der Waals surface area contributed by atoms with Crippen LogP contribution in [0.1, 0.15) is 37.8 Å². The lowest BCUT2D eigenvalue weighted by atomic mass is 10.2. The van der Waals surface area contributed by atoms with Gasteiger partial charge in [-0.1, -0.05) is 12.8 Å². The zero-order valence-corrected chi connectivity index (χ0v) is 8.96. The van der Waals surface area contributed by atoms with Crippen molar-refractivity contribution in [2.45, 2.75) is 44.6 Å². The number of amides is 1. The summed E-state index contributed by atoms with van der Waals surface area (Å²) in [6.45, 7) is 0. The van der Waals surface area contributed by atoms with E-state index in [1.165, 1.54) is 12.8 Å². The van der Waals surface area contributed by atoms with Gasteiger partial charge in [0.2, 0.25) is 5.91 Å². The van der Waals surface area contributed by atoms with Crippen molar-refractivity contribution < 1.29 is 4.79 Å². The number of nitrogens with one attached hydrogen (secondary N) is 2. The second kappa shape index (κ2) is 5.01. The van der Waals surface area contributed by atoms with Gasteiger partial charge in [-0.05, 0) is 31.4 Å². The van der Waals surface area contributed by atoms with E-state index in [1.807, 2.05) is 18.3 Å². The number of carbonyl (C=O) groups excluding carboxylic acids is 1. The summed E-state index contributed by atoms with van der Waals surface area (Å²) in [7, 11) is 0. The summed E-state index contributed by atoms with van der Waals surface area (Å²) in [5.41, 5.74) is 1.14. The van der Waals surface area contributed by atoms with Gasteiger partial charge in [0.15, 0.2) is 0 Å².